The van der Waals surface area contributed by atoms with Gasteiger partial charge in [0.25, 0.3) is 0 Å². The fourth-order valence-corrected chi connectivity index (χ4v) is 2.58. The number of pyridine rings is 2. The van der Waals surface area contributed by atoms with Gasteiger partial charge in [0.05, 0.1) is 11.3 Å². The topological polar surface area (TPSA) is 89.6 Å². The van der Waals surface area contributed by atoms with Crippen LogP contribution in [0.3, 0.4) is 0 Å². The molecule has 0 fully saturated rings. The van der Waals surface area contributed by atoms with Crippen LogP contribution in [0.2, 0.25) is 0 Å². The zero-order valence-electron chi connectivity index (χ0n) is 13.9. The molecule has 6 heteroatoms. The van der Waals surface area contributed by atoms with Gasteiger partial charge in [-0.15, -0.1) is 0 Å². The molecule has 0 unspecified atom stereocenters. The van der Waals surface area contributed by atoms with Gasteiger partial charge >= 0.3 is 0 Å². The number of nitrogens with one attached hydrogen (secondary N) is 1. The number of anilines is 3. The molecule has 0 radical (unpaired) electrons. The minimum absolute atomic E-state index is 0.383. The molecule has 6 nitrogen and oxygen atoms in total. The van der Waals surface area contributed by atoms with Crippen molar-refractivity contribution < 1.29 is 0 Å². The number of rotatable bonds is 4. The van der Waals surface area contributed by atoms with Crippen LogP contribution in [-0.2, 0) is 0 Å². The summed E-state index contributed by atoms with van der Waals surface area (Å²) in [4.78, 5) is 17.1. The lowest BCUT2D eigenvalue weighted by Gasteiger charge is -2.09. The van der Waals surface area contributed by atoms with E-state index in [0.717, 1.165) is 22.5 Å². The van der Waals surface area contributed by atoms with Gasteiger partial charge in [-0.2, -0.15) is 4.98 Å². The molecule has 0 aliphatic rings. The number of nitrogen functional groups attached to an aromatic ring is 1. The van der Waals surface area contributed by atoms with Gasteiger partial charge in [0, 0.05) is 30.5 Å². The van der Waals surface area contributed by atoms with Crippen LogP contribution in [-0.4, -0.2) is 19.9 Å². The molecule has 0 saturated heterocycles. The third kappa shape index (κ3) is 3.34. The lowest BCUT2D eigenvalue weighted by atomic mass is 10.1. The molecule has 1 aromatic carbocycles. The number of nitrogens with two attached hydrogens (primary N) is 1. The van der Waals surface area contributed by atoms with Crippen molar-refractivity contribution in [2.45, 2.75) is 0 Å². The highest BCUT2D eigenvalue weighted by molar-refractivity contribution is 5.72. The number of benzene rings is 1. The molecule has 3 N–H and O–H groups in total. The van der Waals surface area contributed by atoms with Gasteiger partial charge in [0.15, 0.2) is 0 Å². The second-order valence-electron chi connectivity index (χ2n) is 5.65. The molecule has 26 heavy (non-hydrogen) atoms. The van der Waals surface area contributed by atoms with Crippen LogP contribution in [0.5, 0.6) is 0 Å². The number of aromatic nitrogens is 4. The van der Waals surface area contributed by atoms with E-state index in [2.05, 4.69) is 25.3 Å². The molecule has 0 bridgehead atoms. The van der Waals surface area contributed by atoms with E-state index in [1.165, 1.54) is 0 Å². The molecule has 4 aromatic rings. The van der Waals surface area contributed by atoms with Gasteiger partial charge in [-0.05, 0) is 41.5 Å². The largest absolute Gasteiger partial charge is 0.383 e. The van der Waals surface area contributed by atoms with Crippen molar-refractivity contribution in [1.82, 2.24) is 19.9 Å². The van der Waals surface area contributed by atoms with E-state index >= 15 is 0 Å². The van der Waals surface area contributed by atoms with Crippen molar-refractivity contribution >= 4 is 17.5 Å². The van der Waals surface area contributed by atoms with E-state index in [4.69, 9.17) is 5.73 Å². The van der Waals surface area contributed by atoms with E-state index in [0.29, 0.717) is 17.3 Å². The van der Waals surface area contributed by atoms with Gasteiger partial charge in [-0.3, -0.25) is 9.97 Å². The first-order valence-corrected chi connectivity index (χ1v) is 8.11. The summed E-state index contributed by atoms with van der Waals surface area (Å²) in [6, 6.07) is 17.5. The lowest BCUT2D eigenvalue weighted by molar-refractivity contribution is 1.17. The van der Waals surface area contributed by atoms with Crippen molar-refractivity contribution in [3.05, 3.63) is 79.4 Å². The van der Waals surface area contributed by atoms with Crippen LogP contribution in [0.25, 0.3) is 22.4 Å². The van der Waals surface area contributed by atoms with Crippen molar-refractivity contribution in [3.8, 4) is 22.4 Å². The minimum Gasteiger partial charge on any atom is -0.383 e. The van der Waals surface area contributed by atoms with E-state index in [-0.39, 0.29) is 0 Å². The highest BCUT2D eigenvalue weighted by Gasteiger charge is 2.08. The Morgan fingerprint density at radius 3 is 2.35 bits per heavy atom. The summed E-state index contributed by atoms with van der Waals surface area (Å²) in [5.41, 5.74) is 10.6. The molecule has 3 heterocycles. The fraction of sp³-hybridized carbons (Fsp3) is 0. The third-order valence-electron chi connectivity index (χ3n) is 3.89. The average molecular weight is 340 g/mol. The minimum atomic E-state index is 0.383. The van der Waals surface area contributed by atoms with Crippen LogP contribution in [0, 0.1) is 0 Å². The van der Waals surface area contributed by atoms with E-state index < -0.39 is 0 Å². The summed E-state index contributed by atoms with van der Waals surface area (Å²) in [6.07, 6.45) is 6.99. The Balaban J connectivity index is 1.53. The normalized spacial score (nSPS) is 10.5. The molecule has 0 aliphatic heterocycles. The second kappa shape index (κ2) is 6.98. The zero-order valence-corrected chi connectivity index (χ0v) is 13.9. The van der Waals surface area contributed by atoms with Crippen molar-refractivity contribution in [1.29, 1.82) is 0 Å². The summed E-state index contributed by atoms with van der Waals surface area (Å²) < 4.78 is 0. The molecule has 3 aromatic heterocycles. The van der Waals surface area contributed by atoms with E-state index in [9.17, 15) is 0 Å². The highest BCUT2D eigenvalue weighted by Crippen LogP contribution is 2.24. The zero-order chi connectivity index (χ0) is 17.8. The summed E-state index contributed by atoms with van der Waals surface area (Å²) in [5.74, 6) is 0.824. The number of hydrogen-bond acceptors (Lipinski definition) is 6. The van der Waals surface area contributed by atoms with Gasteiger partial charge < -0.3 is 11.1 Å². The second-order valence-corrected chi connectivity index (χ2v) is 5.65. The number of hydrogen-bond donors (Lipinski definition) is 2. The Morgan fingerprint density at radius 1 is 0.769 bits per heavy atom. The predicted molar refractivity (Wildman–Crippen MR) is 103 cm³/mol. The van der Waals surface area contributed by atoms with Gasteiger partial charge in [0.1, 0.15) is 5.82 Å². The van der Waals surface area contributed by atoms with E-state index in [1.807, 2.05) is 60.8 Å². The standard InChI is InChI=1S/C20H16N6/c21-19-17(18-5-1-2-11-23-18)13-24-20(26-19)25-16-8-6-14(7-9-16)15-4-3-10-22-12-15/h1-13H,(H3,21,24,25,26). The van der Waals surface area contributed by atoms with Crippen molar-refractivity contribution in [2.24, 2.45) is 0 Å². The Bertz CT molecular complexity index is 1000. The van der Waals surface area contributed by atoms with Crippen LogP contribution in [0.15, 0.2) is 79.4 Å². The molecule has 0 atom stereocenters. The average Bonchev–Trinajstić information content (AvgIpc) is 2.70. The number of nitrogens with zero attached hydrogens (tertiary/aromatic N) is 4. The van der Waals surface area contributed by atoms with Gasteiger partial charge in [-0.25, -0.2) is 4.98 Å². The van der Waals surface area contributed by atoms with Gasteiger partial charge in [0.2, 0.25) is 5.95 Å². The molecule has 126 valence electrons. The molecular weight excluding hydrogens is 324 g/mol. The molecule has 0 amide bonds. The Hall–Kier alpha value is -3.80. The van der Waals surface area contributed by atoms with Crippen LogP contribution >= 0.6 is 0 Å². The van der Waals surface area contributed by atoms with Gasteiger partial charge in [-0.1, -0.05) is 24.3 Å². The molecule has 4 rings (SSSR count). The van der Waals surface area contributed by atoms with Crippen LogP contribution in [0.1, 0.15) is 0 Å². The summed E-state index contributed by atoms with van der Waals surface area (Å²) in [7, 11) is 0. The molecular formula is C20H16N6. The fourth-order valence-electron chi connectivity index (χ4n) is 2.58. The van der Waals surface area contributed by atoms with Crippen molar-refractivity contribution in [3.63, 3.8) is 0 Å². The summed E-state index contributed by atoms with van der Waals surface area (Å²) in [5, 5.41) is 3.16. The lowest BCUT2D eigenvalue weighted by Crippen LogP contribution is -2.02. The predicted octanol–water partition coefficient (Wildman–Crippen LogP) is 3.93. The Kier molecular flexibility index (Phi) is 4.22. The first-order valence-electron chi connectivity index (χ1n) is 8.11. The van der Waals surface area contributed by atoms with E-state index in [1.54, 1.807) is 18.6 Å². The van der Waals surface area contributed by atoms with Crippen LogP contribution in [0.4, 0.5) is 17.5 Å². The maximum atomic E-state index is 6.07. The molecule has 0 spiro atoms. The van der Waals surface area contributed by atoms with Crippen molar-refractivity contribution in [2.75, 3.05) is 11.1 Å². The monoisotopic (exact) mass is 340 g/mol. The Morgan fingerprint density at radius 2 is 1.65 bits per heavy atom. The maximum Gasteiger partial charge on any atom is 0.229 e. The first-order chi connectivity index (χ1) is 12.8. The molecule has 0 saturated carbocycles. The molecule has 0 aliphatic carbocycles. The van der Waals surface area contributed by atoms with Crippen LogP contribution < -0.4 is 11.1 Å². The maximum absolute atomic E-state index is 6.07. The Labute approximate surface area is 150 Å². The summed E-state index contributed by atoms with van der Waals surface area (Å²) in [6.45, 7) is 0. The highest BCUT2D eigenvalue weighted by atomic mass is 15.1. The quantitative estimate of drug-likeness (QED) is 0.585. The first kappa shape index (κ1) is 15.7. The SMILES string of the molecule is Nc1nc(Nc2ccc(-c3cccnc3)cc2)ncc1-c1ccccn1. The smallest absolute Gasteiger partial charge is 0.229 e. The summed E-state index contributed by atoms with van der Waals surface area (Å²) >= 11 is 0. The third-order valence-corrected chi connectivity index (χ3v) is 3.89.